The molecule has 5 rings (SSSR count). The Hall–Kier alpha value is -3.79. The number of amides is 1. The average molecular weight is 449 g/mol. The molecule has 0 bridgehead atoms. The second-order valence-electron chi connectivity index (χ2n) is 8.19. The van der Waals surface area contributed by atoms with Crippen LogP contribution in [0.4, 0.5) is 15.8 Å². The van der Waals surface area contributed by atoms with E-state index in [1.807, 2.05) is 6.07 Å². The van der Waals surface area contributed by atoms with Crippen molar-refractivity contribution in [3.05, 3.63) is 53.9 Å². The third kappa shape index (κ3) is 3.93. The van der Waals surface area contributed by atoms with Gasteiger partial charge in [0.2, 0.25) is 0 Å². The number of anilines is 2. The first-order chi connectivity index (χ1) is 15.9. The van der Waals surface area contributed by atoms with Gasteiger partial charge in [-0.1, -0.05) is 0 Å². The summed E-state index contributed by atoms with van der Waals surface area (Å²) in [7, 11) is 3.58. The van der Waals surface area contributed by atoms with Crippen LogP contribution in [0, 0.1) is 12.7 Å². The number of nitrogens with one attached hydrogen (secondary N) is 1. The van der Waals surface area contributed by atoms with Crippen molar-refractivity contribution in [2.45, 2.75) is 6.92 Å². The highest BCUT2D eigenvalue weighted by Crippen LogP contribution is 2.30. The third-order valence-electron chi connectivity index (χ3n) is 5.86. The first-order valence-electron chi connectivity index (χ1n) is 10.7. The topological polar surface area (TPSA) is 87.9 Å². The number of methoxy groups -OCH3 is 1. The quantitative estimate of drug-likeness (QED) is 0.513. The van der Waals surface area contributed by atoms with Crippen LogP contribution < -0.4 is 15.0 Å². The van der Waals surface area contributed by atoms with Gasteiger partial charge < -0.3 is 24.3 Å². The number of carbonyl (C=O) groups is 1. The summed E-state index contributed by atoms with van der Waals surface area (Å²) in [5.41, 5.74) is 3.02. The molecule has 9 nitrogen and oxygen atoms in total. The van der Waals surface area contributed by atoms with Crippen LogP contribution in [0.5, 0.6) is 6.01 Å². The molecule has 0 atom stereocenters. The molecule has 4 heterocycles. The summed E-state index contributed by atoms with van der Waals surface area (Å²) < 4.78 is 21.2. The van der Waals surface area contributed by atoms with Crippen LogP contribution in [-0.4, -0.2) is 70.5 Å². The van der Waals surface area contributed by atoms with Crippen molar-refractivity contribution in [1.29, 1.82) is 0 Å². The van der Waals surface area contributed by atoms with Crippen molar-refractivity contribution in [1.82, 2.24) is 24.3 Å². The molecule has 1 aromatic carbocycles. The van der Waals surface area contributed by atoms with E-state index in [1.165, 1.54) is 13.2 Å². The van der Waals surface area contributed by atoms with Crippen LogP contribution in [0.3, 0.4) is 0 Å². The predicted octanol–water partition coefficient (Wildman–Crippen LogP) is 2.74. The lowest BCUT2D eigenvalue weighted by Gasteiger charge is -2.34. The number of fused-ring (bicyclic) bond motifs is 2. The van der Waals surface area contributed by atoms with Gasteiger partial charge in [0.05, 0.1) is 29.6 Å². The number of likely N-dealkylation sites (N-methyl/N-ethyl adjacent to an activating group) is 1. The molecule has 1 aliphatic rings. The molecule has 10 heteroatoms. The van der Waals surface area contributed by atoms with Gasteiger partial charge >= 0.3 is 6.01 Å². The maximum atomic E-state index is 14.5. The number of rotatable bonds is 4. The standard InChI is InChI=1S/C23H24FN7O2/c1-14-12-31-13-15(10-18(24)21(31)26-14)27-22(32)16-4-5-19(30-8-6-29(2)7-9-30)17-11-25-23(33-3)28-20(16)17/h4-5,10-13H,6-9H2,1-3H3,(H,27,32). The van der Waals surface area contributed by atoms with Crippen LogP contribution >= 0.6 is 0 Å². The van der Waals surface area contributed by atoms with Crippen molar-refractivity contribution in [3.63, 3.8) is 0 Å². The van der Waals surface area contributed by atoms with Crippen LogP contribution in [0.25, 0.3) is 16.6 Å². The van der Waals surface area contributed by atoms with Crippen LogP contribution in [0.15, 0.2) is 36.8 Å². The summed E-state index contributed by atoms with van der Waals surface area (Å²) in [6.45, 7) is 5.41. The van der Waals surface area contributed by atoms with Crippen LogP contribution in [0.2, 0.25) is 0 Å². The highest BCUT2D eigenvalue weighted by Gasteiger charge is 2.21. The Morgan fingerprint density at radius 3 is 2.70 bits per heavy atom. The molecule has 0 spiro atoms. The molecule has 1 amide bonds. The summed E-state index contributed by atoms with van der Waals surface area (Å²) in [6.07, 6.45) is 5.02. The number of aryl methyl sites for hydroxylation is 1. The molecule has 1 N–H and O–H groups in total. The zero-order chi connectivity index (χ0) is 23.1. The zero-order valence-electron chi connectivity index (χ0n) is 18.7. The minimum atomic E-state index is -0.514. The highest BCUT2D eigenvalue weighted by molar-refractivity contribution is 6.13. The Morgan fingerprint density at radius 2 is 1.94 bits per heavy atom. The number of ether oxygens (including phenoxy) is 1. The Bertz CT molecular complexity index is 1360. The monoisotopic (exact) mass is 449 g/mol. The largest absolute Gasteiger partial charge is 0.467 e. The van der Waals surface area contributed by atoms with E-state index in [0.29, 0.717) is 22.5 Å². The van der Waals surface area contributed by atoms with E-state index in [0.717, 1.165) is 37.3 Å². The van der Waals surface area contributed by atoms with E-state index in [2.05, 4.69) is 37.1 Å². The average Bonchev–Trinajstić information content (AvgIpc) is 3.19. The van der Waals surface area contributed by atoms with Gasteiger partial charge in [-0.3, -0.25) is 4.79 Å². The zero-order valence-corrected chi connectivity index (χ0v) is 18.7. The van der Waals surface area contributed by atoms with E-state index in [-0.39, 0.29) is 11.7 Å². The number of halogens is 1. The number of benzene rings is 1. The van der Waals surface area contributed by atoms with E-state index < -0.39 is 11.7 Å². The van der Waals surface area contributed by atoms with Gasteiger partial charge in [-0.2, -0.15) is 4.98 Å². The number of aromatic nitrogens is 4. The van der Waals surface area contributed by atoms with Gasteiger partial charge in [-0.15, -0.1) is 0 Å². The molecule has 170 valence electrons. The first-order valence-corrected chi connectivity index (χ1v) is 10.7. The van der Waals surface area contributed by atoms with Gasteiger partial charge in [-0.25, -0.2) is 14.4 Å². The van der Waals surface area contributed by atoms with Crippen LogP contribution in [-0.2, 0) is 0 Å². The number of carbonyl (C=O) groups excluding carboxylic acids is 1. The summed E-state index contributed by atoms with van der Waals surface area (Å²) in [6, 6.07) is 5.10. The summed E-state index contributed by atoms with van der Waals surface area (Å²) >= 11 is 0. The number of hydrogen-bond donors (Lipinski definition) is 1. The molecular weight excluding hydrogens is 425 g/mol. The Kier molecular flexibility index (Phi) is 5.29. The van der Waals surface area contributed by atoms with E-state index in [4.69, 9.17) is 4.74 Å². The molecular formula is C23H24FN7O2. The van der Waals surface area contributed by atoms with Crippen molar-refractivity contribution < 1.29 is 13.9 Å². The maximum absolute atomic E-state index is 14.5. The van der Waals surface area contributed by atoms with Crippen molar-refractivity contribution in [2.75, 3.05) is 50.6 Å². The molecule has 0 aliphatic carbocycles. The summed E-state index contributed by atoms with van der Waals surface area (Å²) in [5, 5.41) is 3.55. The maximum Gasteiger partial charge on any atom is 0.316 e. The van der Waals surface area contributed by atoms with Crippen LogP contribution in [0.1, 0.15) is 16.1 Å². The number of piperazine rings is 1. The fourth-order valence-electron chi connectivity index (χ4n) is 4.14. The smallest absolute Gasteiger partial charge is 0.316 e. The number of hydrogen-bond acceptors (Lipinski definition) is 7. The van der Waals surface area contributed by atoms with Crippen molar-refractivity contribution in [2.24, 2.45) is 0 Å². The van der Waals surface area contributed by atoms with Gasteiger partial charge in [0, 0.05) is 61.9 Å². The lowest BCUT2D eigenvalue weighted by Crippen LogP contribution is -2.44. The predicted molar refractivity (Wildman–Crippen MR) is 124 cm³/mol. The Labute approximate surface area is 189 Å². The number of nitrogens with zero attached hydrogens (tertiary/aromatic N) is 6. The number of pyridine rings is 1. The van der Waals surface area contributed by atoms with E-state index in [9.17, 15) is 9.18 Å². The third-order valence-corrected chi connectivity index (χ3v) is 5.86. The lowest BCUT2D eigenvalue weighted by molar-refractivity contribution is 0.102. The molecule has 1 aliphatic heterocycles. The molecule has 4 aromatic rings. The molecule has 0 saturated carbocycles. The van der Waals surface area contributed by atoms with Gasteiger partial charge in [0.1, 0.15) is 0 Å². The Morgan fingerprint density at radius 1 is 1.15 bits per heavy atom. The van der Waals surface area contributed by atoms with Gasteiger partial charge in [0.25, 0.3) is 5.91 Å². The molecule has 1 saturated heterocycles. The molecule has 3 aromatic heterocycles. The van der Waals surface area contributed by atoms with Gasteiger partial charge in [0.15, 0.2) is 11.5 Å². The first kappa shape index (κ1) is 21.1. The summed E-state index contributed by atoms with van der Waals surface area (Å²) in [4.78, 5) is 30.7. The molecule has 1 fully saturated rings. The summed E-state index contributed by atoms with van der Waals surface area (Å²) in [5.74, 6) is -0.915. The second kappa shape index (κ2) is 8.28. The van der Waals surface area contributed by atoms with E-state index in [1.54, 1.807) is 36.0 Å². The SMILES string of the molecule is COc1ncc2c(N3CCN(C)CC3)ccc(C(=O)Nc3cc(F)c4nc(C)cn4c3)c2n1. The fraction of sp³-hybridized carbons (Fsp3) is 0.304. The molecule has 33 heavy (non-hydrogen) atoms. The molecule has 0 radical (unpaired) electrons. The van der Waals surface area contributed by atoms with Crippen molar-refractivity contribution >= 4 is 33.8 Å². The lowest BCUT2D eigenvalue weighted by atomic mass is 10.1. The second-order valence-corrected chi connectivity index (χ2v) is 8.19. The fourth-order valence-corrected chi connectivity index (χ4v) is 4.14. The normalized spacial score (nSPS) is 14.7. The molecule has 0 unspecified atom stereocenters. The Balaban J connectivity index is 1.53. The van der Waals surface area contributed by atoms with Gasteiger partial charge in [-0.05, 0) is 26.1 Å². The minimum Gasteiger partial charge on any atom is -0.467 e. The van der Waals surface area contributed by atoms with E-state index >= 15 is 0 Å². The minimum absolute atomic E-state index is 0.174. The highest BCUT2D eigenvalue weighted by atomic mass is 19.1. The number of imidazole rings is 1. The van der Waals surface area contributed by atoms with Crippen molar-refractivity contribution in [3.8, 4) is 6.01 Å².